The van der Waals surface area contributed by atoms with E-state index in [9.17, 15) is 10.5 Å². The third-order valence-corrected chi connectivity index (χ3v) is 6.16. The summed E-state index contributed by atoms with van der Waals surface area (Å²) in [5.74, 6) is 0. The van der Waals surface area contributed by atoms with E-state index >= 15 is 0 Å². The Kier molecular flexibility index (Phi) is 4.52. The van der Waals surface area contributed by atoms with Gasteiger partial charge in [0.05, 0.1) is 23.2 Å². The molecule has 0 aromatic heterocycles. The lowest BCUT2D eigenvalue weighted by molar-refractivity contribution is 0.706. The van der Waals surface area contributed by atoms with Crippen molar-refractivity contribution in [2.45, 2.75) is 58.0 Å². The van der Waals surface area contributed by atoms with Gasteiger partial charge < -0.3 is 10.6 Å². The van der Waals surface area contributed by atoms with Crippen molar-refractivity contribution >= 4 is 22.5 Å². The van der Waals surface area contributed by atoms with Gasteiger partial charge >= 0.3 is 0 Å². The van der Waals surface area contributed by atoms with Crippen LogP contribution >= 0.6 is 0 Å². The lowest BCUT2D eigenvalue weighted by Crippen LogP contribution is -2.32. The van der Waals surface area contributed by atoms with Gasteiger partial charge in [-0.15, -0.1) is 0 Å². The Morgan fingerprint density at radius 1 is 0.710 bits per heavy atom. The summed E-state index contributed by atoms with van der Waals surface area (Å²) in [5, 5.41) is 27.5. The van der Waals surface area contributed by atoms with Crippen molar-refractivity contribution in [3.05, 3.63) is 70.8 Å². The Balaban J connectivity index is 1.86. The number of anilines is 2. The van der Waals surface area contributed by atoms with E-state index in [0.717, 1.165) is 33.6 Å². The minimum Gasteiger partial charge on any atom is -0.376 e. The molecule has 2 aromatic carbocycles. The molecule has 156 valence electrons. The number of rotatable bonds is 2. The molecule has 0 bridgehead atoms. The van der Waals surface area contributed by atoms with Gasteiger partial charge in [0.2, 0.25) is 0 Å². The largest absolute Gasteiger partial charge is 0.376 e. The van der Waals surface area contributed by atoms with Crippen LogP contribution < -0.4 is 10.6 Å². The van der Waals surface area contributed by atoms with E-state index in [0.29, 0.717) is 11.1 Å². The molecule has 2 aliphatic rings. The summed E-state index contributed by atoms with van der Waals surface area (Å²) in [4.78, 5) is 0. The van der Waals surface area contributed by atoms with Crippen LogP contribution in [0.15, 0.2) is 48.6 Å². The molecule has 2 heterocycles. The van der Waals surface area contributed by atoms with E-state index in [-0.39, 0.29) is 11.1 Å². The summed E-state index contributed by atoms with van der Waals surface area (Å²) in [7, 11) is 0. The second-order valence-electron chi connectivity index (χ2n) is 9.84. The summed E-state index contributed by atoms with van der Waals surface area (Å²) >= 11 is 0. The number of allylic oxidation sites excluding steroid dienone is 2. The number of hydrogen-bond acceptors (Lipinski definition) is 4. The lowest BCUT2D eigenvalue weighted by atomic mass is 9.74. The zero-order valence-corrected chi connectivity index (χ0v) is 19.0. The highest BCUT2D eigenvalue weighted by molar-refractivity contribution is 5.83. The molecule has 0 amide bonds. The van der Waals surface area contributed by atoms with Crippen LogP contribution in [-0.2, 0) is 5.41 Å². The summed E-state index contributed by atoms with van der Waals surface area (Å²) < 4.78 is 0. The second-order valence-corrected chi connectivity index (χ2v) is 9.84. The number of benzene rings is 2. The highest BCUT2D eigenvalue weighted by Crippen LogP contribution is 2.41. The molecule has 31 heavy (non-hydrogen) atoms. The first-order chi connectivity index (χ1) is 14.5. The lowest BCUT2D eigenvalue weighted by Gasteiger charge is -2.33. The topological polar surface area (TPSA) is 71.6 Å². The van der Waals surface area contributed by atoms with E-state index in [1.54, 1.807) is 0 Å². The van der Waals surface area contributed by atoms with Crippen molar-refractivity contribution in [2.75, 3.05) is 10.6 Å². The van der Waals surface area contributed by atoms with Crippen LogP contribution in [0.4, 0.5) is 11.4 Å². The third kappa shape index (κ3) is 3.39. The van der Waals surface area contributed by atoms with Crippen molar-refractivity contribution in [1.29, 1.82) is 10.5 Å². The summed E-state index contributed by atoms with van der Waals surface area (Å²) in [6.45, 7) is 12.7. The molecule has 2 N–H and O–H groups in total. The molecule has 0 spiro atoms. The first kappa shape index (κ1) is 20.8. The zero-order chi connectivity index (χ0) is 22.6. The molecule has 0 unspecified atom stereocenters. The smallest absolute Gasteiger partial charge is 0.193 e. The van der Waals surface area contributed by atoms with Crippen molar-refractivity contribution in [1.82, 2.24) is 0 Å². The highest BCUT2D eigenvalue weighted by Gasteiger charge is 2.37. The number of nitrogens with zero attached hydrogens (tertiary/aromatic N) is 2. The van der Waals surface area contributed by atoms with Gasteiger partial charge in [0, 0.05) is 22.5 Å². The normalized spacial score (nSPS) is 18.1. The van der Waals surface area contributed by atoms with Gasteiger partial charge in [0.25, 0.3) is 0 Å². The number of nitriles is 2. The predicted molar refractivity (Wildman–Crippen MR) is 128 cm³/mol. The number of fused-ring (bicyclic) bond motifs is 2. The fourth-order valence-electron chi connectivity index (χ4n) is 4.88. The van der Waals surface area contributed by atoms with Crippen LogP contribution in [0, 0.1) is 22.7 Å². The highest BCUT2D eigenvalue weighted by atomic mass is 15.0. The van der Waals surface area contributed by atoms with Gasteiger partial charge in [0.1, 0.15) is 0 Å². The second kappa shape index (κ2) is 6.76. The van der Waals surface area contributed by atoms with Gasteiger partial charge in [-0.1, -0.05) is 24.3 Å². The summed E-state index contributed by atoms with van der Waals surface area (Å²) in [5.41, 5.74) is 6.11. The molecule has 0 radical (unpaired) electrons. The van der Waals surface area contributed by atoms with Gasteiger partial charge in [-0.2, -0.15) is 10.5 Å². The van der Waals surface area contributed by atoms with Crippen LogP contribution in [0.25, 0.3) is 11.1 Å². The van der Waals surface area contributed by atoms with E-state index in [4.69, 9.17) is 0 Å². The molecule has 4 rings (SSSR count). The maximum absolute atomic E-state index is 10.3. The SMILES string of the molecule is CC1=CC(C)(C)Nc2ccc(C(C#N)(C#N)c3ccc4c(c3)C(C)=CC(C)(C)N4)cc21. The van der Waals surface area contributed by atoms with Gasteiger partial charge in [-0.05, 0) is 88.1 Å². The predicted octanol–water partition coefficient (Wildman–Crippen LogP) is 6.23. The average Bonchev–Trinajstić information content (AvgIpc) is 2.68. The first-order valence-corrected chi connectivity index (χ1v) is 10.6. The van der Waals surface area contributed by atoms with Crippen LogP contribution in [-0.4, -0.2) is 11.1 Å². The van der Waals surface area contributed by atoms with E-state index in [1.165, 1.54) is 0 Å². The molecular formula is C27H28N4. The van der Waals surface area contributed by atoms with Crippen LogP contribution in [0.3, 0.4) is 0 Å². The molecule has 0 fully saturated rings. The molecule has 2 aromatic rings. The number of hydrogen-bond donors (Lipinski definition) is 2. The molecular weight excluding hydrogens is 380 g/mol. The quantitative estimate of drug-likeness (QED) is 0.617. The maximum Gasteiger partial charge on any atom is 0.193 e. The standard InChI is InChI=1S/C27H28N4/c1-17-13-25(3,4)30-23-9-7-19(11-21(17)23)27(15-28,16-29)20-8-10-24-22(12-20)18(2)14-26(5,6)31-24/h7-14,30-31H,1-6H3. The molecule has 4 heteroatoms. The van der Waals surface area contributed by atoms with E-state index < -0.39 is 5.41 Å². The third-order valence-electron chi connectivity index (χ3n) is 6.16. The Morgan fingerprint density at radius 2 is 1.10 bits per heavy atom. The Hall–Kier alpha value is -3.50. The van der Waals surface area contributed by atoms with E-state index in [1.807, 2.05) is 36.4 Å². The Bertz CT molecular complexity index is 1130. The maximum atomic E-state index is 10.3. The van der Waals surface area contributed by atoms with Crippen LogP contribution in [0.5, 0.6) is 0 Å². The average molecular weight is 409 g/mol. The monoisotopic (exact) mass is 408 g/mol. The number of nitrogens with one attached hydrogen (secondary N) is 2. The van der Waals surface area contributed by atoms with E-state index in [2.05, 4.69) is 76.5 Å². The van der Waals surface area contributed by atoms with Crippen molar-refractivity contribution in [2.24, 2.45) is 0 Å². The van der Waals surface area contributed by atoms with Crippen molar-refractivity contribution in [3.63, 3.8) is 0 Å². The Morgan fingerprint density at radius 3 is 1.45 bits per heavy atom. The summed E-state index contributed by atoms with van der Waals surface area (Å²) in [6, 6.07) is 16.4. The van der Waals surface area contributed by atoms with Gasteiger partial charge in [-0.3, -0.25) is 0 Å². The minimum absolute atomic E-state index is 0.136. The fraction of sp³-hybridized carbons (Fsp3) is 0.333. The fourth-order valence-corrected chi connectivity index (χ4v) is 4.88. The van der Waals surface area contributed by atoms with Crippen LogP contribution in [0.2, 0.25) is 0 Å². The summed E-state index contributed by atoms with van der Waals surface area (Å²) in [6.07, 6.45) is 4.36. The minimum atomic E-state index is -1.38. The molecule has 0 saturated carbocycles. The molecule has 0 aliphatic carbocycles. The molecule has 2 aliphatic heterocycles. The molecule has 4 nitrogen and oxygen atoms in total. The van der Waals surface area contributed by atoms with Crippen molar-refractivity contribution in [3.8, 4) is 12.1 Å². The van der Waals surface area contributed by atoms with Gasteiger partial charge in [-0.25, -0.2) is 0 Å². The van der Waals surface area contributed by atoms with Gasteiger partial charge in [0.15, 0.2) is 5.41 Å². The molecule has 0 saturated heterocycles. The molecule has 0 atom stereocenters. The van der Waals surface area contributed by atoms with Crippen molar-refractivity contribution < 1.29 is 0 Å². The van der Waals surface area contributed by atoms with Crippen LogP contribution in [0.1, 0.15) is 63.8 Å². The Labute approximate surface area is 184 Å². The zero-order valence-electron chi connectivity index (χ0n) is 19.0. The first-order valence-electron chi connectivity index (χ1n) is 10.6.